The van der Waals surface area contributed by atoms with Crippen molar-refractivity contribution in [3.63, 3.8) is 0 Å². The molecule has 1 fully saturated rings. The molecule has 5 heteroatoms. The lowest BCUT2D eigenvalue weighted by atomic mass is 10.1. The second-order valence-electron chi connectivity index (χ2n) is 4.62. The van der Waals surface area contributed by atoms with Crippen LogP contribution in [0.3, 0.4) is 0 Å². The number of nitrogens with zero attached hydrogens (tertiary/aromatic N) is 1. The Balaban J connectivity index is 1.63. The van der Waals surface area contributed by atoms with Crippen LogP contribution >= 0.6 is 11.3 Å². The molecule has 3 atom stereocenters. The maximum atomic E-state index is 5.78. The lowest BCUT2D eigenvalue weighted by Gasteiger charge is -2.15. The summed E-state index contributed by atoms with van der Waals surface area (Å²) in [6.45, 7) is 4.73. The van der Waals surface area contributed by atoms with E-state index in [-0.39, 0.29) is 6.10 Å². The summed E-state index contributed by atoms with van der Waals surface area (Å²) < 4.78 is 5.78. The average Bonchev–Trinajstić information content (AvgIpc) is 3.00. The van der Waals surface area contributed by atoms with Crippen LogP contribution in [-0.2, 0) is 4.74 Å². The van der Waals surface area contributed by atoms with Gasteiger partial charge in [-0.15, -0.1) is 11.3 Å². The second-order valence-corrected chi connectivity index (χ2v) is 5.55. The lowest BCUT2D eigenvalue weighted by Crippen LogP contribution is -2.31. The molecule has 0 amide bonds. The van der Waals surface area contributed by atoms with Gasteiger partial charge in [0, 0.05) is 37.1 Å². The molecule has 1 aromatic heterocycles. The molecule has 0 saturated carbocycles. The number of hydrogen-bond donors (Lipinski definition) is 2. The Hall–Kier alpha value is -0.490. The molecule has 1 saturated heterocycles. The minimum atomic E-state index is 0.276. The third kappa shape index (κ3) is 3.74. The molecule has 0 spiro atoms. The Labute approximate surface area is 107 Å². The number of thiazole rings is 1. The van der Waals surface area contributed by atoms with Crippen LogP contribution in [0.2, 0.25) is 0 Å². The molecule has 0 radical (unpaired) electrons. The molecular weight excluding hydrogens is 234 g/mol. The molecule has 0 aromatic carbocycles. The number of aromatic nitrogens is 1. The van der Waals surface area contributed by atoms with Crippen molar-refractivity contribution in [2.45, 2.75) is 37.9 Å². The van der Waals surface area contributed by atoms with Crippen molar-refractivity contribution in [2.75, 3.05) is 19.6 Å². The van der Waals surface area contributed by atoms with E-state index in [2.05, 4.69) is 17.2 Å². The van der Waals surface area contributed by atoms with Crippen molar-refractivity contribution in [1.82, 2.24) is 10.3 Å². The third-order valence-corrected chi connectivity index (χ3v) is 4.16. The van der Waals surface area contributed by atoms with Crippen molar-refractivity contribution in [3.05, 3.63) is 16.6 Å². The van der Waals surface area contributed by atoms with E-state index in [1.807, 2.05) is 11.6 Å². The second kappa shape index (κ2) is 6.44. The molecule has 2 heterocycles. The van der Waals surface area contributed by atoms with E-state index in [0.717, 1.165) is 25.9 Å². The van der Waals surface area contributed by atoms with E-state index in [1.165, 1.54) is 5.01 Å². The zero-order valence-corrected chi connectivity index (χ0v) is 11.1. The van der Waals surface area contributed by atoms with Crippen LogP contribution < -0.4 is 11.1 Å². The van der Waals surface area contributed by atoms with E-state index >= 15 is 0 Å². The van der Waals surface area contributed by atoms with Crippen LogP contribution in [0.25, 0.3) is 0 Å². The summed E-state index contributed by atoms with van der Waals surface area (Å²) in [6, 6.07) is 0. The number of ether oxygens (including phenoxy) is 1. The number of nitrogens with two attached hydrogens (primary N) is 1. The summed E-state index contributed by atoms with van der Waals surface area (Å²) in [5, 5.41) is 6.69. The Morgan fingerprint density at radius 2 is 2.41 bits per heavy atom. The smallest absolute Gasteiger partial charge is 0.0965 e. The highest BCUT2D eigenvalue weighted by Gasteiger charge is 2.23. The van der Waals surface area contributed by atoms with Crippen LogP contribution in [0.4, 0.5) is 0 Å². The van der Waals surface area contributed by atoms with E-state index in [4.69, 9.17) is 10.5 Å². The van der Waals surface area contributed by atoms with Crippen LogP contribution in [0.5, 0.6) is 0 Å². The average molecular weight is 255 g/mol. The number of hydrogen-bond acceptors (Lipinski definition) is 5. The van der Waals surface area contributed by atoms with E-state index in [1.54, 1.807) is 11.3 Å². The van der Waals surface area contributed by atoms with Gasteiger partial charge < -0.3 is 15.8 Å². The summed E-state index contributed by atoms with van der Waals surface area (Å²) in [7, 11) is 0. The fraction of sp³-hybridized carbons (Fsp3) is 0.750. The van der Waals surface area contributed by atoms with Gasteiger partial charge in [-0.25, -0.2) is 4.98 Å². The largest absolute Gasteiger partial charge is 0.372 e. The van der Waals surface area contributed by atoms with Crippen LogP contribution in [0.15, 0.2) is 11.6 Å². The predicted octanol–water partition coefficient (Wildman–Crippen LogP) is 1.34. The van der Waals surface area contributed by atoms with Crippen molar-refractivity contribution >= 4 is 11.3 Å². The SMILES string of the molecule is CC(CNCC1CCC(CN)O1)c1nccs1. The normalized spacial score (nSPS) is 26.2. The van der Waals surface area contributed by atoms with Gasteiger partial charge in [0.05, 0.1) is 17.2 Å². The minimum absolute atomic E-state index is 0.276. The van der Waals surface area contributed by atoms with Gasteiger partial charge in [-0.3, -0.25) is 0 Å². The number of rotatable bonds is 6. The summed E-state index contributed by atoms with van der Waals surface area (Å²) in [5.74, 6) is 0.474. The van der Waals surface area contributed by atoms with Crippen molar-refractivity contribution in [1.29, 1.82) is 0 Å². The first kappa shape index (κ1) is 13.0. The predicted molar refractivity (Wildman–Crippen MR) is 70.3 cm³/mol. The summed E-state index contributed by atoms with van der Waals surface area (Å²) in [6.07, 6.45) is 4.71. The zero-order chi connectivity index (χ0) is 12.1. The highest BCUT2D eigenvalue weighted by Crippen LogP contribution is 2.19. The maximum Gasteiger partial charge on any atom is 0.0965 e. The van der Waals surface area contributed by atoms with Gasteiger partial charge in [0.1, 0.15) is 0 Å². The first-order valence-corrected chi connectivity index (χ1v) is 7.13. The van der Waals surface area contributed by atoms with Crippen molar-refractivity contribution in [2.24, 2.45) is 5.73 Å². The lowest BCUT2D eigenvalue weighted by molar-refractivity contribution is 0.0504. The van der Waals surface area contributed by atoms with Crippen LogP contribution in [0, 0.1) is 0 Å². The monoisotopic (exact) mass is 255 g/mol. The molecule has 1 aliphatic rings. The summed E-state index contributed by atoms with van der Waals surface area (Å²) in [5.41, 5.74) is 5.58. The Morgan fingerprint density at radius 3 is 3.06 bits per heavy atom. The Morgan fingerprint density at radius 1 is 1.59 bits per heavy atom. The van der Waals surface area contributed by atoms with Gasteiger partial charge in [-0.1, -0.05) is 6.92 Å². The molecule has 96 valence electrons. The van der Waals surface area contributed by atoms with Gasteiger partial charge in [0.2, 0.25) is 0 Å². The van der Waals surface area contributed by atoms with Gasteiger partial charge in [-0.05, 0) is 12.8 Å². The highest BCUT2D eigenvalue weighted by atomic mass is 32.1. The summed E-state index contributed by atoms with van der Waals surface area (Å²) >= 11 is 1.72. The van der Waals surface area contributed by atoms with Crippen LogP contribution in [0.1, 0.15) is 30.7 Å². The molecule has 3 N–H and O–H groups in total. The first-order valence-electron chi connectivity index (χ1n) is 6.25. The third-order valence-electron chi connectivity index (χ3n) is 3.15. The van der Waals surface area contributed by atoms with Crippen molar-refractivity contribution in [3.8, 4) is 0 Å². The van der Waals surface area contributed by atoms with Gasteiger partial charge in [0.15, 0.2) is 0 Å². The molecule has 0 bridgehead atoms. The molecule has 3 unspecified atom stereocenters. The highest BCUT2D eigenvalue weighted by molar-refractivity contribution is 7.09. The first-order chi connectivity index (χ1) is 8.29. The molecular formula is C12H21N3OS. The molecule has 1 aromatic rings. The quantitative estimate of drug-likeness (QED) is 0.805. The molecule has 4 nitrogen and oxygen atoms in total. The van der Waals surface area contributed by atoms with Crippen molar-refractivity contribution < 1.29 is 4.74 Å². The van der Waals surface area contributed by atoms with Gasteiger partial charge in [0.25, 0.3) is 0 Å². The molecule has 17 heavy (non-hydrogen) atoms. The number of nitrogens with one attached hydrogen (secondary N) is 1. The fourth-order valence-corrected chi connectivity index (χ4v) is 2.83. The maximum absolute atomic E-state index is 5.78. The Kier molecular flexibility index (Phi) is 4.91. The molecule has 2 rings (SSSR count). The van der Waals surface area contributed by atoms with Gasteiger partial charge in [-0.2, -0.15) is 0 Å². The molecule has 1 aliphatic heterocycles. The Bertz CT molecular complexity index is 318. The minimum Gasteiger partial charge on any atom is -0.372 e. The summed E-state index contributed by atoms with van der Waals surface area (Å²) in [4.78, 5) is 4.32. The topological polar surface area (TPSA) is 60.2 Å². The van der Waals surface area contributed by atoms with Gasteiger partial charge >= 0.3 is 0 Å². The van der Waals surface area contributed by atoms with E-state index in [0.29, 0.717) is 18.6 Å². The zero-order valence-electron chi connectivity index (χ0n) is 10.3. The van der Waals surface area contributed by atoms with Crippen LogP contribution in [-0.4, -0.2) is 36.8 Å². The standard InChI is InChI=1S/C12H21N3OS/c1-9(12-15-4-5-17-12)7-14-8-11-3-2-10(6-13)16-11/h4-5,9-11,14H,2-3,6-8,13H2,1H3. The van der Waals surface area contributed by atoms with E-state index < -0.39 is 0 Å². The molecule has 0 aliphatic carbocycles. The van der Waals surface area contributed by atoms with E-state index in [9.17, 15) is 0 Å². The fourth-order valence-electron chi connectivity index (χ4n) is 2.13.